The molecule has 0 radical (unpaired) electrons. The second kappa shape index (κ2) is 3.78. The Kier molecular flexibility index (Phi) is 2.80. The van der Waals surface area contributed by atoms with E-state index in [2.05, 4.69) is 16.8 Å². The first-order valence-electron chi connectivity index (χ1n) is 5.65. The number of piperidine rings is 1. The molecule has 0 atom stereocenters. The molecule has 2 nitrogen and oxygen atoms in total. The number of rotatable bonds is 2. The summed E-state index contributed by atoms with van der Waals surface area (Å²) < 4.78 is 13.5. The van der Waals surface area contributed by atoms with Gasteiger partial charge in [-0.25, -0.2) is 4.39 Å². The van der Waals surface area contributed by atoms with E-state index < -0.39 is 5.67 Å². The Morgan fingerprint density at radius 3 is 2.36 bits per heavy atom. The molecule has 0 aliphatic carbocycles. The van der Waals surface area contributed by atoms with Crippen LogP contribution in [0, 0.1) is 5.92 Å². The molecule has 0 amide bonds. The Balaban J connectivity index is 1.69. The molecule has 14 heavy (non-hydrogen) atoms. The van der Waals surface area contributed by atoms with Crippen molar-refractivity contribution in [3.8, 4) is 0 Å². The van der Waals surface area contributed by atoms with Crippen molar-refractivity contribution in [3.63, 3.8) is 0 Å². The van der Waals surface area contributed by atoms with Crippen LogP contribution in [0.1, 0.15) is 19.8 Å². The molecule has 2 aliphatic rings. The van der Waals surface area contributed by atoms with Crippen molar-refractivity contribution in [2.24, 2.45) is 5.92 Å². The zero-order valence-corrected chi connectivity index (χ0v) is 9.30. The monoisotopic (exact) mass is 200 g/mol. The van der Waals surface area contributed by atoms with Gasteiger partial charge in [-0.15, -0.1) is 0 Å². The van der Waals surface area contributed by atoms with Crippen LogP contribution >= 0.6 is 0 Å². The molecule has 0 aromatic rings. The zero-order valence-electron chi connectivity index (χ0n) is 9.30. The lowest BCUT2D eigenvalue weighted by Crippen LogP contribution is -2.51. The lowest BCUT2D eigenvalue weighted by atomic mass is 9.93. The second-order valence-electron chi connectivity index (χ2n) is 5.30. The third-order valence-corrected chi connectivity index (χ3v) is 3.55. The van der Waals surface area contributed by atoms with Crippen LogP contribution in [-0.4, -0.2) is 55.2 Å². The summed E-state index contributed by atoms with van der Waals surface area (Å²) in [6.07, 6.45) is 1.44. The molecule has 2 fully saturated rings. The molecule has 0 spiro atoms. The molecule has 0 unspecified atom stereocenters. The van der Waals surface area contributed by atoms with Crippen molar-refractivity contribution in [1.29, 1.82) is 0 Å². The number of alkyl halides is 1. The minimum Gasteiger partial charge on any atom is -0.306 e. The van der Waals surface area contributed by atoms with E-state index in [4.69, 9.17) is 0 Å². The van der Waals surface area contributed by atoms with Crippen LogP contribution in [0.2, 0.25) is 0 Å². The average Bonchev–Trinajstić information content (AvgIpc) is 2.06. The van der Waals surface area contributed by atoms with Gasteiger partial charge in [0.05, 0.1) is 0 Å². The topological polar surface area (TPSA) is 6.48 Å². The van der Waals surface area contributed by atoms with Gasteiger partial charge in [-0.1, -0.05) is 0 Å². The molecule has 2 aliphatic heterocycles. The predicted octanol–water partition coefficient (Wildman–Crippen LogP) is 1.37. The van der Waals surface area contributed by atoms with Crippen molar-refractivity contribution >= 4 is 0 Å². The van der Waals surface area contributed by atoms with Crippen molar-refractivity contribution in [3.05, 3.63) is 0 Å². The first kappa shape index (κ1) is 10.4. The third-order valence-electron chi connectivity index (χ3n) is 3.55. The van der Waals surface area contributed by atoms with Crippen LogP contribution in [0.5, 0.6) is 0 Å². The highest BCUT2D eigenvalue weighted by atomic mass is 19.1. The van der Waals surface area contributed by atoms with Crippen LogP contribution in [-0.2, 0) is 0 Å². The van der Waals surface area contributed by atoms with Gasteiger partial charge < -0.3 is 9.80 Å². The Hall–Kier alpha value is -0.150. The van der Waals surface area contributed by atoms with Crippen LogP contribution in [0.15, 0.2) is 0 Å². The van der Waals surface area contributed by atoms with Gasteiger partial charge in [0.25, 0.3) is 0 Å². The summed E-state index contributed by atoms with van der Waals surface area (Å²) in [5.74, 6) is 0.837. The number of hydrogen-bond donors (Lipinski definition) is 0. The summed E-state index contributed by atoms with van der Waals surface area (Å²) in [7, 11) is 2.16. The fraction of sp³-hybridized carbons (Fsp3) is 1.00. The van der Waals surface area contributed by atoms with E-state index in [0.29, 0.717) is 0 Å². The number of hydrogen-bond acceptors (Lipinski definition) is 2. The van der Waals surface area contributed by atoms with Crippen molar-refractivity contribution in [2.75, 3.05) is 39.8 Å². The lowest BCUT2D eigenvalue weighted by Gasteiger charge is -2.42. The van der Waals surface area contributed by atoms with Crippen LogP contribution in [0.25, 0.3) is 0 Å². The molecule has 82 valence electrons. The van der Waals surface area contributed by atoms with Gasteiger partial charge in [-0.05, 0) is 32.7 Å². The Morgan fingerprint density at radius 1 is 1.29 bits per heavy atom. The first-order chi connectivity index (χ1) is 6.55. The Labute approximate surface area is 86.1 Å². The van der Waals surface area contributed by atoms with Gasteiger partial charge in [-0.2, -0.15) is 0 Å². The smallest absolute Gasteiger partial charge is 0.110 e. The van der Waals surface area contributed by atoms with Crippen molar-refractivity contribution < 1.29 is 4.39 Å². The maximum Gasteiger partial charge on any atom is 0.110 e. The number of nitrogens with zero attached hydrogens (tertiary/aromatic N) is 2. The van der Waals surface area contributed by atoms with Gasteiger partial charge in [-0.3, -0.25) is 0 Å². The Morgan fingerprint density at radius 2 is 1.86 bits per heavy atom. The summed E-state index contributed by atoms with van der Waals surface area (Å²) in [4.78, 5) is 4.77. The minimum absolute atomic E-state index is 0.718. The molecule has 2 rings (SSSR count). The third kappa shape index (κ3) is 2.45. The highest BCUT2D eigenvalue weighted by molar-refractivity contribution is 4.86. The van der Waals surface area contributed by atoms with Crippen LogP contribution < -0.4 is 0 Å². The van der Waals surface area contributed by atoms with Gasteiger partial charge in [0, 0.05) is 32.7 Å². The van der Waals surface area contributed by atoms with Gasteiger partial charge in [0.15, 0.2) is 0 Å². The van der Waals surface area contributed by atoms with Gasteiger partial charge in [0.2, 0.25) is 0 Å². The second-order valence-corrected chi connectivity index (χ2v) is 5.30. The largest absolute Gasteiger partial charge is 0.306 e. The normalized spacial score (nSPS) is 30.2. The van der Waals surface area contributed by atoms with Crippen molar-refractivity contribution in [2.45, 2.75) is 25.4 Å². The van der Waals surface area contributed by atoms with Gasteiger partial charge in [0.1, 0.15) is 5.67 Å². The maximum absolute atomic E-state index is 13.5. The van der Waals surface area contributed by atoms with E-state index in [0.717, 1.165) is 31.8 Å². The highest BCUT2D eigenvalue weighted by Gasteiger charge is 2.32. The maximum atomic E-state index is 13.5. The van der Waals surface area contributed by atoms with Crippen LogP contribution in [0.3, 0.4) is 0 Å². The molecular formula is C11H21FN2. The molecule has 0 aromatic carbocycles. The molecule has 0 saturated carbocycles. The molecular weight excluding hydrogens is 179 g/mol. The van der Waals surface area contributed by atoms with E-state index in [1.165, 1.54) is 19.6 Å². The minimum atomic E-state index is -0.896. The summed E-state index contributed by atoms with van der Waals surface area (Å²) in [5, 5.41) is 0. The molecule has 0 bridgehead atoms. The van der Waals surface area contributed by atoms with Crippen molar-refractivity contribution in [1.82, 2.24) is 9.80 Å². The van der Waals surface area contributed by atoms with E-state index >= 15 is 0 Å². The zero-order chi connectivity index (χ0) is 10.2. The molecule has 3 heteroatoms. The first-order valence-corrected chi connectivity index (χ1v) is 5.65. The number of likely N-dealkylation sites (tertiary alicyclic amines) is 2. The predicted molar refractivity (Wildman–Crippen MR) is 56.2 cm³/mol. The van der Waals surface area contributed by atoms with E-state index in [1.54, 1.807) is 6.92 Å². The fourth-order valence-electron chi connectivity index (χ4n) is 2.51. The van der Waals surface area contributed by atoms with E-state index in [1.807, 2.05) is 0 Å². The SMILES string of the molecule is CN1CC(CN2CCC(C)(F)CC2)C1. The van der Waals surface area contributed by atoms with E-state index in [-0.39, 0.29) is 0 Å². The van der Waals surface area contributed by atoms with Gasteiger partial charge >= 0.3 is 0 Å². The highest BCUT2D eigenvalue weighted by Crippen LogP contribution is 2.26. The standard InChI is InChI=1S/C11H21FN2/c1-11(12)3-5-14(6-4-11)9-10-7-13(2)8-10/h10H,3-9H2,1-2H3. The van der Waals surface area contributed by atoms with Crippen LogP contribution in [0.4, 0.5) is 4.39 Å². The Bertz CT molecular complexity index is 189. The quantitative estimate of drug-likeness (QED) is 0.664. The summed E-state index contributed by atoms with van der Waals surface area (Å²) >= 11 is 0. The lowest BCUT2D eigenvalue weighted by molar-refractivity contribution is 0.0379. The fourth-order valence-corrected chi connectivity index (χ4v) is 2.51. The summed E-state index contributed by atoms with van der Waals surface area (Å²) in [6, 6.07) is 0. The number of halogens is 1. The van der Waals surface area contributed by atoms with E-state index in [9.17, 15) is 4.39 Å². The molecule has 0 aromatic heterocycles. The summed E-state index contributed by atoms with van der Waals surface area (Å²) in [6.45, 7) is 7.27. The molecule has 2 saturated heterocycles. The molecule has 0 N–H and O–H groups in total. The summed E-state index contributed by atoms with van der Waals surface area (Å²) in [5.41, 5.74) is -0.896. The molecule has 2 heterocycles. The average molecular weight is 200 g/mol.